The predicted molar refractivity (Wildman–Crippen MR) is 125 cm³/mol. The lowest BCUT2D eigenvalue weighted by molar-refractivity contribution is -0.122. The molecule has 0 radical (unpaired) electrons. The van der Waals surface area contributed by atoms with Crippen molar-refractivity contribution in [3.63, 3.8) is 0 Å². The second kappa shape index (κ2) is 10.5. The van der Waals surface area contributed by atoms with Gasteiger partial charge in [-0.05, 0) is 43.8 Å². The Bertz CT molecular complexity index is 920. The van der Waals surface area contributed by atoms with Crippen molar-refractivity contribution in [3.8, 4) is 0 Å². The second-order valence-electron chi connectivity index (χ2n) is 7.26. The van der Waals surface area contributed by atoms with Crippen LogP contribution in [-0.2, 0) is 9.59 Å². The van der Waals surface area contributed by atoms with Gasteiger partial charge in [-0.25, -0.2) is 0 Å². The fourth-order valence-electron chi connectivity index (χ4n) is 3.33. The molecule has 0 unspecified atom stereocenters. The number of rotatable bonds is 8. The number of thioether (sulfide) groups is 1. The van der Waals surface area contributed by atoms with Crippen LogP contribution in [0, 0.1) is 6.92 Å². The molecule has 30 heavy (non-hydrogen) atoms. The van der Waals surface area contributed by atoms with Gasteiger partial charge in [0.05, 0.1) is 10.6 Å². The summed E-state index contributed by atoms with van der Waals surface area (Å²) in [5.74, 6) is -0.287. The van der Waals surface area contributed by atoms with E-state index in [0.29, 0.717) is 11.4 Å². The van der Waals surface area contributed by atoms with Crippen LogP contribution in [0.1, 0.15) is 25.0 Å². The minimum Gasteiger partial charge on any atom is -0.353 e. The topological polar surface area (TPSA) is 52.7 Å². The molecular formula is C24H29N3O2S. The molecule has 0 bridgehead atoms. The van der Waals surface area contributed by atoms with Crippen molar-refractivity contribution < 1.29 is 9.59 Å². The van der Waals surface area contributed by atoms with E-state index in [1.807, 2.05) is 61.5 Å². The molecule has 0 fully saturated rings. The zero-order chi connectivity index (χ0) is 21.5. The van der Waals surface area contributed by atoms with Crippen LogP contribution in [0.3, 0.4) is 0 Å². The summed E-state index contributed by atoms with van der Waals surface area (Å²) in [6.45, 7) is 9.54. The summed E-state index contributed by atoms with van der Waals surface area (Å²) in [5, 5.41) is 2.95. The first-order valence-corrected chi connectivity index (χ1v) is 11.2. The zero-order valence-corrected chi connectivity index (χ0v) is 18.7. The highest BCUT2D eigenvalue weighted by atomic mass is 32.2. The lowest BCUT2D eigenvalue weighted by atomic mass is 10.1. The summed E-state index contributed by atoms with van der Waals surface area (Å²) >= 11 is 1.45. The highest BCUT2D eigenvalue weighted by molar-refractivity contribution is 8.04. The Kier molecular flexibility index (Phi) is 7.71. The second-order valence-corrected chi connectivity index (χ2v) is 8.34. The molecule has 3 rings (SSSR count). The van der Waals surface area contributed by atoms with E-state index in [1.165, 1.54) is 17.3 Å². The Balaban J connectivity index is 1.76. The first kappa shape index (κ1) is 22.1. The van der Waals surface area contributed by atoms with Crippen LogP contribution < -0.4 is 10.2 Å². The van der Waals surface area contributed by atoms with Gasteiger partial charge in [-0.2, -0.15) is 0 Å². The molecule has 2 amide bonds. The normalized spacial score (nSPS) is 14.9. The fourth-order valence-corrected chi connectivity index (χ4v) is 4.38. The quantitative estimate of drug-likeness (QED) is 0.654. The van der Waals surface area contributed by atoms with E-state index in [9.17, 15) is 9.59 Å². The first-order valence-electron chi connectivity index (χ1n) is 10.4. The van der Waals surface area contributed by atoms with Crippen LogP contribution in [0.15, 0.2) is 58.3 Å². The Hall–Kier alpha value is -2.57. The number of carbonyl (C=O) groups is 2. The molecule has 1 aliphatic heterocycles. The van der Waals surface area contributed by atoms with E-state index >= 15 is 0 Å². The number of aryl methyl sites for hydroxylation is 1. The number of nitrogens with zero attached hydrogens (tertiary/aromatic N) is 2. The number of fused-ring (bicyclic) bond motifs is 1. The van der Waals surface area contributed by atoms with Crippen molar-refractivity contribution in [2.45, 2.75) is 25.7 Å². The molecule has 0 saturated carbocycles. The Morgan fingerprint density at radius 2 is 1.80 bits per heavy atom. The third-order valence-corrected chi connectivity index (χ3v) is 6.23. The van der Waals surface area contributed by atoms with Crippen LogP contribution >= 0.6 is 11.8 Å². The van der Waals surface area contributed by atoms with Gasteiger partial charge in [-0.1, -0.05) is 67.6 Å². The van der Waals surface area contributed by atoms with Gasteiger partial charge in [0.2, 0.25) is 5.91 Å². The molecule has 0 aromatic heterocycles. The maximum Gasteiger partial charge on any atom is 0.265 e. The SMILES string of the molecule is CCN(CC)CCNC(=O)CN1C(=O)/C(=C\c2ccc(C)cc2)Sc2ccccc21. The number of likely N-dealkylation sites (N-methyl/N-ethyl adjacent to an activating group) is 1. The van der Waals surface area contributed by atoms with Gasteiger partial charge in [0.1, 0.15) is 6.54 Å². The first-order chi connectivity index (χ1) is 14.5. The minimum absolute atomic E-state index is 0.0138. The number of para-hydroxylation sites is 1. The van der Waals surface area contributed by atoms with Gasteiger partial charge in [-0.15, -0.1) is 0 Å². The molecule has 2 aromatic carbocycles. The average Bonchev–Trinajstić information content (AvgIpc) is 2.75. The zero-order valence-electron chi connectivity index (χ0n) is 17.9. The molecule has 6 heteroatoms. The number of amides is 2. The van der Waals surface area contributed by atoms with Crippen LogP contribution in [0.25, 0.3) is 6.08 Å². The molecule has 158 valence electrons. The molecule has 0 spiro atoms. The standard InChI is InChI=1S/C24H29N3O2S/c1-4-26(5-2)15-14-25-23(28)17-27-20-8-6-7-9-21(20)30-22(24(27)29)16-19-12-10-18(3)11-13-19/h6-13,16H,4-5,14-15,17H2,1-3H3,(H,25,28)/b22-16+. The monoisotopic (exact) mass is 423 g/mol. The fraction of sp³-hybridized carbons (Fsp3) is 0.333. The van der Waals surface area contributed by atoms with Crippen LogP contribution in [0.2, 0.25) is 0 Å². The van der Waals surface area contributed by atoms with Gasteiger partial charge in [0, 0.05) is 18.0 Å². The summed E-state index contributed by atoms with van der Waals surface area (Å²) < 4.78 is 0. The molecule has 0 aliphatic carbocycles. The van der Waals surface area contributed by atoms with E-state index in [4.69, 9.17) is 0 Å². The van der Waals surface area contributed by atoms with Crippen molar-refractivity contribution >= 4 is 35.3 Å². The highest BCUT2D eigenvalue weighted by Crippen LogP contribution is 2.41. The minimum atomic E-state index is -0.146. The summed E-state index contributed by atoms with van der Waals surface area (Å²) in [7, 11) is 0. The lowest BCUT2D eigenvalue weighted by Crippen LogP contribution is -2.44. The van der Waals surface area contributed by atoms with Crippen molar-refractivity contribution in [1.29, 1.82) is 0 Å². The number of carbonyl (C=O) groups excluding carboxylic acids is 2. The van der Waals surface area contributed by atoms with E-state index in [-0.39, 0.29) is 18.4 Å². The van der Waals surface area contributed by atoms with Gasteiger partial charge in [0.15, 0.2) is 0 Å². The van der Waals surface area contributed by atoms with E-state index in [1.54, 1.807) is 4.90 Å². The number of nitrogens with one attached hydrogen (secondary N) is 1. The number of hydrogen-bond donors (Lipinski definition) is 1. The maximum absolute atomic E-state index is 13.2. The number of hydrogen-bond acceptors (Lipinski definition) is 4. The summed E-state index contributed by atoms with van der Waals surface area (Å²) in [6.07, 6.45) is 1.90. The van der Waals surface area contributed by atoms with Crippen LogP contribution in [-0.4, -0.2) is 49.4 Å². The van der Waals surface area contributed by atoms with E-state index in [0.717, 1.165) is 35.8 Å². The predicted octanol–water partition coefficient (Wildman–Crippen LogP) is 3.93. The largest absolute Gasteiger partial charge is 0.353 e. The van der Waals surface area contributed by atoms with E-state index < -0.39 is 0 Å². The molecule has 0 saturated heterocycles. The van der Waals surface area contributed by atoms with Gasteiger partial charge in [-0.3, -0.25) is 14.5 Å². The van der Waals surface area contributed by atoms with Crippen molar-refractivity contribution in [3.05, 3.63) is 64.6 Å². The lowest BCUT2D eigenvalue weighted by Gasteiger charge is -2.30. The molecule has 1 N–H and O–H groups in total. The molecule has 2 aromatic rings. The summed E-state index contributed by atoms with van der Waals surface area (Å²) in [4.78, 5) is 31.2. The van der Waals surface area contributed by atoms with Gasteiger partial charge < -0.3 is 10.2 Å². The molecular weight excluding hydrogens is 394 g/mol. The van der Waals surface area contributed by atoms with Crippen LogP contribution in [0.4, 0.5) is 5.69 Å². The van der Waals surface area contributed by atoms with Crippen molar-refractivity contribution in [2.24, 2.45) is 0 Å². The third-order valence-electron chi connectivity index (χ3n) is 5.15. The summed E-state index contributed by atoms with van der Waals surface area (Å²) in [5.41, 5.74) is 2.93. The molecule has 0 atom stereocenters. The Labute approximate surface area is 183 Å². The highest BCUT2D eigenvalue weighted by Gasteiger charge is 2.30. The van der Waals surface area contributed by atoms with Gasteiger partial charge in [0.25, 0.3) is 5.91 Å². The maximum atomic E-state index is 13.2. The van der Waals surface area contributed by atoms with Crippen LogP contribution in [0.5, 0.6) is 0 Å². The number of anilines is 1. The van der Waals surface area contributed by atoms with Crippen molar-refractivity contribution in [2.75, 3.05) is 37.6 Å². The third kappa shape index (κ3) is 5.52. The summed E-state index contributed by atoms with van der Waals surface area (Å²) in [6, 6.07) is 15.8. The van der Waals surface area contributed by atoms with Crippen molar-refractivity contribution in [1.82, 2.24) is 10.2 Å². The van der Waals surface area contributed by atoms with E-state index in [2.05, 4.69) is 24.1 Å². The average molecular weight is 424 g/mol. The Morgan fingerprint density at radius 1 is 1.10 bits per heavy atom. The molecule has 5 nitrogen and oxygen atoms in total. The molecule has 1 heterocycles. The molecule has 1 aliphatic rings. The number of benzene rings is 2. The van der Waals surface area contributed by atoms with Gasteiger partial charge >= 0.3 is 0 Å². The smallest absolute Gasteiger partial charge is 0.265 e. The Morgan fingerprint density at radius 3 is 2.50 bits per heavy atom.